The number of halogens is 1. The van der Waals surface area contributed by atoms with Crippen molar-refractivity contribution in [3.63, 3.8) is 0 Å². The highest BCUT2D eigenvalue weighted by atomic mass is 19.1. The maximum absolute atomic E-state index is 13.3. The first-order chi connectivity index (χ1) is 13.2. The Bertz CT molecular complexity index is 934. The van der Waals surface area contributed by atoms with E-state index in [1.54, 1.807) is 6.07 Å². The van der Waals surface area contributed by atoms with Crippen LogP contribution in [0.3, 0.4) is 0 Å². The van der Waals surface area contributed by atoms with Crippen LogP contribution < -0.4 is 5.32 Å². The Balaban J connectivity index is 1.33. The summed E-state index contributed by atoms with van der Waals surface area (Å²) in [5.41, 5.74) is 2.08. The molecular weight excluding hydrogens is 339 g/mol. The quantitative estimate of drug-likeness (QED) is 0.721. The third-order valence-corrected chi connectivity index (χ3v) is 5.27. The number of hydrogen-bond donors (Lipinski definition) is 1. The molecule has 0 aliphatic carbocycles. The number of hydrogen-bond acceptors (Lipinski definition) is 2. The summed E-state index contributed by atoms with van der Waals surface area (Å²) in [5.74, 6) is -0.0132. The molecule has 138 valence electrons. The molecule has 0 atom stereocenters. The Kier molecular flexibility index (Phi) is 5.16. The van der Waals surface area contributed by atoms with Gasteiger partial charge in [0.1, 0.15) is 5.82 Å². The van der Waals surface area contributed by atoms with E-state index in [1.807, 2.05) is 42.5 Å². The Morgan fingerprint density at radius 2 is 1.67 bits per heavy atom. The molecular formula is C23H23FN2O. The molecule has 0 radical (unpaired) electrons. The zero-order valence-electron chi connectivity index (χ0n) is 15.2. The van der Waals surface area contributed by atoms with Gasteiger partial charge in [0.15, 0.2) is 0 Å². The first-order valence-corrected chi connectivity index (χ1v) is 9.44. The van der Waals surface area contributed by atoms with Crippen LogP contribution in [-0.4, -0.2) is 23.9 Å². The zero-order valence-corrected chi connectivity index (χ0v) is 15.2. The van der Waals surface area contributed by atoms with Crippen LogP contribution in [0.2, 0.25) is 0 Å². The van der Waals surface area contributed by atoms with E-state index in [-0.39, 0.29) is 17.6 Å². The molecule has 4 rings (SSSR count). The smallest absolute Gasteiger partial charge is 0.227 e. The molecule has 0 spiro atoms. The second-order valence-electron chi connectivity index (χ2n) is 7.23. The maximum atomic E-state index is 13.3. The average molecular weight is 362 g/mol. The molecule has 3 aromatic carbocycles. The molecule has 0 bridgehead atoms. The first kappa shape index (κ1) is 17.7. The number of likely N-dealkylation sites (tertiary alicyclic amines) is 1. The molecule has 3 aromatic rings. The van der Waals surface area contributed by atoms with E-state index < -0.39 is 0 Å². The van der Waals surface area contributed by atoms with E-state index in [1.165, 1.54) is 11.6 Å². The number of carbonyl (C=O) groups is 1. The van der Waals surface area contributed by atoms with E-state index in [4.69, 9.17) is 0 Å². The van der Waals surface area contributed by atoms with E-state index in [2.05, 4.69) is 22.3 Å². The van der Waals surface area contributed by atoms with Crippen molar-refractivity contribution in [1.29, 1.82) is 0 Å². The summed E-state index contributed by atoms with van der Waals surface area (Å²) in [7, 11) is 0. The number of amides is 1. The standard InChI is InChI=1S/C23H23FN2O/c24-21-9-8-19-14-17(6-7-20(19)15-21)16-26-12-10-18(11-13-26)23(27)25-22-4-2-1-3-5-22/h1-9,14-15,18H,10-13,16H2,(H,25,27). The molecule has 27 heavy (non-hydrogen) atoms. The number of fused-ring (bicyclic) bond motifs is 1. The topological polar surface area (TPSA) is 32.3 Å². The van der Waals surface area contributed by atoms with Gasteiger partial charge in [0.05, 0.1) is 0 Å². The highest BCUT2D eigenvalue weighted by Gasteiger charge is 2.25. The fourth-order valence-electron chi connectivity index (χ4n) is 3.74. The lowest BCUT2D eigenvalue weighted by Gasteiger charge is -2.31. The van der Waals surface area contributed by atoms with Gasteiger partial charge in [-0.25, -0.2) is 4.39 Å². The monoisotopic (exact) mass is 362 g/mol. The number of benzene rings is 3. The molecule has 1 amide bonds. The lowest BCUT2D eigenvalue weighted by Crippen LogP contribution is -2.37. The Morgan fingerprint density at radius 1 is 0.963 bits per heavy atom. The average Bonchev–Trinajstić information content (AvgIpc) is 2.69. The Labute approximate surface area is 158 Å². The van der Waals surface area contributed by atoms with Crippen LogP contribution in [0.5, 0.6) is 0 Å². The van der Waals surface area contributed by atoms with Crippen molar-refractivity contribution in [2.45, 2.75) is 19.4 Å². The van der Waals surface area contributed by atoms with Gasteiger partial charge >= 0.3 is 0 Å². The molecule has 4 heteroatoms. The van der Waals surface area contributed by atoms with Crippen LogP contribution in [0.15, 0.2) is 66.7 Å². The third-order valence-electron chi connectivity index (χ3n) is 5.27. The summed E-state index contributed by atoms with van der Waals surface area (Å²) in [4.78, 5) is 14.8. The number of piperidine rings is 1. The van der Waals surface area contributed by atoms with Gasteiger partial charge in [-0.05, 0) is 72.6 Å². The van der Waals surface area contributed by atoms with E-state index in [0.29, 0.717) is 0 Å². The van der Waals surface area contributed by atoms with E-state index >= 15 is 0 Å². The van der Waals surface area contributed by atoms with Crippen molar-refractivity contribution in [2.75, 3.05) is 18.4 Å². The fourth-order valence-corrected chi connectivity index (χ4v) is 3.74. The fraction of sp³-hybridized carbons (Fsp3) is 0.261. The summed E-state index contributed by atoms with van der Waals surface area (Å²) < 4.78 is 13.3. The van der Waals surface area contributed by atoms with Crippen molar-refractivity contribution < 1.29 is 9.18 Å². The number of anilines is 1. The highest BCUT2D eigenvalue weighted by molar-refractivity contribution is 5.92. The zero-order chi connectivity index (χ0) is 18.6. The molecule has 1 aliphatic heterocycles. The van der Waals surface area contributed by atoms with Crippen LogP contribution >= 0.6 is 0 Å². The van der Waals surface area contributed by atoms with Crippen LogP contribution in [-0.2, 0) is 11.3 Å². The predicted octanol–water partition coefficient (Wildman–Crippen LogP) is 4.83. The van der Waals surface area contributed by atoms with Gasteiger partial charge in [0.25, 0.3) is 0 Å². The van der Waals surface area contributed by atoms with Crippen LogP contribution in [0.1, 0.15) is 18.4 Å². The molecule has 1 N–H and O–H groups in total. The van der Waals surface area contributed by atoms with Crippen LogP contribution in [0, 0.1) is 11.7 Å². The van der Waals surface area contributed by atoms with E-state index in [9.17, 15) is 9.18 Å². The van der Waals surface area contributed by atoms with Crippen LogP contribution in [0.4, 0.5) is 10.1 Å². The Morgan fingerprint density at radius 3 is 2.44 bits per heavy atom. The SMILES string of the molecule is O=C(Nc1ccccc1)C1CCN(Cc2ccc3cc(F)ccc3c2)CC1. The molecule has 1 aliphatic rings. The predicted molar refractivity (Wildman–Crippen MR) is 107 cm³/mol. The second kappa shape index (κ2) is 7.89. The summed E-state index contributed by atoms with van der Waals surface area (Å²) in [6.45, 7) is 2.68. The lowest BCUT2D eigenvalue weighted by atomic mass is 9.95. The minimum absolute atomic E-state index is 0.0704. The minimum Gasteiger partial charge on any atom is -0.326 e. The van der Waals surface area contributed by atoms with Crippen molar-refractivity contribution in [3.8, 4) is 0 Å². The lowest BCUT2D eigenvalue weighted by molar-refractivity contribution is -0.121. The normalized spacial score (nSPS) is 15.7. The summed E-state index contributed by atoms with van der Waals surface area (Å²) in [5, 5.41) is 5.00. The summed E-state index contributed by atoms with van der Waals surface area (Å²) in [6, 6.07) is 20.7. The van der Waals surface area contributed by atoms with Crippen molar-refractivity contribution in [2.24, 2.45) is 5.92 Å². The highest BCUT2D eigenvalue weighted by Crippen LogP contribution is 2.23. The summed E-state index contributed by atoms with van der Waals surface area (Å²) in [6.07, 6.45) is 1.74. The van der Waals surface area contributed by atoms with Gasteiger partial charge in [0, 0.05) is 18.2 Å². The molecule has 1 saturated heterocycles. The molecule has 3 nitrogen and oxygen atoms in total. The largest absolute Gasteiger partial charge is 0.326 e. The van der Waals surface area contributed by atoms with Gasteiger partial charge in [0.2, 0.25) is 5.91 Å². The molecule has 1 fully saturated rings. The van der Waals surface area contributed by atoms with Crippen molar-refractivity contribution in [3.05, 3.63) is 78.1 Å². The molecule has 1 heterocycles. The number of nitrogens with zero attached hydrogens (tertiary/aromatic N) is 1. The number of nitrogens with one attached hydrogen (secondary N) is 1. The van der Waals surface area contributed by atoms with Gasteiger partial charge in [-0.1, -0.05) is 36.4 Å². The van der Waals surface area contributed by atoms with Gasteiger partial charge < -0.3 is 5.32 Å². The van der Waals surface area contributed by atoms with Crippen molar-refractivity contribution in [1.82, 2.24) is 4.90 Å². The first-order valence-electron chi connectivity index (χ1n) is 9.44. The summed E-state index contributed by atoms with van der Waals surface area (Å²) >= 11 is 0. The van der Waals surface area contributed by atoms with Gasteiger partial charge in [-0.15, -0.1) is 0 Å². The second-order valence-corrected chi connectivity index (χ2v) is 7.23. The van der Waals surface area contributed by atoms with Crippen molar-refractivity contribution >= 4 is 22.4 Å². The molecule has 0 aromatic heterocycles. The van der Waals surface area contributed by atoms with Crippen LogP contribution in [0.25, 0.3) is 10.8 Å². The molecule has 0 saturated carbocycles. The third kappa shape index (κ3) is 4.34. The minimum atomic E-state index is -0.203. The number of carbonyl (C=O) groups excluding carboxylic acids is 1. The Hall–Kier alpha value is -2.72. The maximum Gasteiger partial charge on any atom is 0.227 e. The van der Waals surface area contributed by atoms with E-state index in [0.717, 1.165) is 48.9 Å². The number of rotatable bonds is 4. The van der Waals surface area contributed by atoms with Gasteiger partial charge in [-0.2, -0.15) is 0 Å². The number of para-hydroxylation sites is 1. The van der Waals surface area contributed by atoms with Gasteiger partial charge in [-0.3, -0.25) is 9.69 Å². The molecule has 0 unspecified atom stereocenters.